The van der Waals surface area contributed by atoms with Crippen LogP contribution in [0.1, 0.15) is 19.4 Å². The summed E-state index contributed by atoms with van der Waals surface area (Å²) in [4.78, 5) is 40.1. The summed E-state index contributed by atoms with van der Waals surface area (Å²) >= 11 is 0. The minimum atomic E-state index is -0.759. The fourth-order valence-corrected chi connectivity index (χ4v) is 2.10. The second-order valence-electron chi connectivity index (χ2n) is 5.05. The molecule has 0 aliphatic heterocycles. The zero-order valence-electron chi connectivity index (χ0n) is 14.8. The van der Waals surface area contributed by atoms with E-state index in [0.717, 1.165) is 17.9 Å². The fraction of sp³-hybridized carbons (Fsp3) is 0.333. The number of nitrogens with zero attached hydrogens (tertiary/aromatic N) is 3. The molecule has 0 heterocycles. The fourth-order valence-electron chi connectivity index (χ4n) is 2.10. The number of benzene rings is 1. The maximum atomic E-state index is 12.3. The summed E-state index contributed by atoms with van der Waals surface area (Å²) in [6.07, 6.45) is 1.72. The first kappa shape index (κ1) is 20.8. The highest BCUT2D eigenvalue weighted by Crippen LogP contribution is 2.13. The van der Waals surface area contributed by atoms with Gasteiger partial charge in [0.15, 0.2) is 0 Å². The van der Waals surface area contributed by atoms with Gasteiger partial charge in [0.1, 0.15) is 5.70 Å². The van der Waals surface area contributed by atoms with Gasteiger partial charge in [0.25, 0.3) is 5.78 Å². The molecule has 8 heteroatoms. The van der Waals surface area contributed by atoms with Crippen molar-refractivity contribution in [2.24, 2.45) is 0 Å². The largest absolute Gasteiger partial charge is 0.463 e. The summed E-state index contributed by atoms with van der Waals surface area (Å²) in [6, 6.07) is 9.07. The molecule has 0 spiro atoms. The zero-order valence-corrected chi connectivity index (χ0v) is 14.8. The predicted octanol–water partition coefficient (Wildman–Crippen LogP) is 1.37. The van der Waals surface area contributed by atoms with Crippen LogP contribution in [0.15, 0.2) is 42.1 Å². The van der Waals surface area contributed by atoms with Crippen molar-refractivity contribution in [3.05, 3.63) is 53.2 Å². The van der Waals surface area contributed by atoms with Crippen molar-refractivity contribution in [2.75, 3.05) is 19.8 Å². The summed E-state index contributed by atoms with van der Waals surface area (Å²) in [5.74, 6) is -2.04. The highest BCUT2D eigenvalue weighted by Gasteiger charge is 2.23. The lowest BCUT2D eigenvalue weighted by Crippen LogP contribution is -2.34. The Morgan fingerprint density at radius 2 is 1.77 bits per heavy atom. The highest BCUT2D eigenvalue weighted by atomic mass is 16.5. The number of ether oxygens (including phenoxy) is 2. The van der Waals surface area contributed by atoms with Crippen molar-refractivity contribution in [1.29, 1.82) is 0 Å². The highest BCUT2D eigenvalue weighted by molar-refractivity contribution is 6.26. The summed E-state index contributed by atoms with van der Waals surface area (Å²) in [5, 5.41) is 0. The number of Topliss-reactive ketones (excluding diaryl/α,β-unsaturated/α-hetero) is 1. The van der Waals surface area contributed by atoms with Crippen molar-refractivity contribution >= 4 is 23.9 Å². The van der Waals surface area contributed by atoms with Gasteiger partial charge in [-0.3, -0.25) is 4.79 Å². The summed E-state index contributed by atoms with van der Waals surface area (Å²) in [5.41, 5.74) is 9.23. The van der Waals surface area contributed by atoms with Crippen LogP contribution in [-0.2, 0) is 30.4 Å². The lowest BCUT2D eigenvalue weighted by molar-refractivity contribution is -0.142. The first-order valence-electron chi connectivity index (χ1n) is 8.06. The van der Waals surface area contributed by atoms with E-state index in [-0.39, 0.29) is 32.0 Å². The SMILES string of the molecule is CCOC(=O)/C=C(\C(=O)OCC)N(CC(=O)C=[N+]=[N-])Cc1ccccc1. The second kappa shape index (κ2) is 11.3. The molecule has 1 aromatic carbocycles. The van der Waals surface area contributed by atoms with Crippen LogP contribution in [0.4, 0.5) is 0 Å². The average Bonchev–Trinajstić information content (AvgIpc) is 2.60. The van der Waals surface area contributed by atoms with Gasteiger partial charge in [-0.05, 0) is 19.4 Å². The maximum Gasteiger partial charge on any atom is 0.354 e. The molecule has 0 N–H and O–H groups in total. The molecular weight excluding hydrogens is 338 g/mol. The van der Waals surface area contributed by atoms with Crippen molar-refractivity contribution < 1.29 is 28.6 Å². The monoisotopic (exact) mass is 359 g/mol. The van der Waals surface area contributed by atoms with E-state index in [1.807, 2.05) is 30.3 Å². The molecule has 0 aromatic heterocycles. The molecule has 1 rings (SSSR count). The number of carbonyl (C=O) groups is 3. The Morgan fingerprint density at radius 1 is 1.12 bits per heavy atom. The molecule has 0 atom stereocenters. The van der Waals surface area contributed by atoms with Crippen molar-refractivity contribution in [3.8, 4) is 0 Å². The average molecular weight is 359 g/mol. The van der Waals surface area contributed by atoms with E-state index in [1.54, 1.807) is 13.8 Å². The molecule has 0 radical (unpaired) electrons. The summed E-state index contributed by atoms with van der Waals surface area (Å²) < 4.78 is 9.84. The van der Waals surface area contributed by atoms with Crippen LogP contribution < -0.4 is 0 Å². The molecule has 0 unspecified atom stereocenters. The quantitative estimate of drug-likeness (QED) is 0.205. The van der Waals surface area contributed by atoms with E-state index in [1.165, 1.54) is 4.90 Å². The van der Waals surface area contributed by atoms with Crippen LogP contribution in [0.25, 0.3) is 5.53 Å². The minimum Gasteiger partial charge on any atom is -0.463 e. The Hall–Kier alpha value is -3.25. The van der Waals surface area contributed by atoms with Gasteiger partial charge in [-0.1, -0.05) is 30.3 Å². The van der Waals surface area contributed by atoms with Crippen molar-refractivity contribution in [2.45, 2.75) is 20.4 Å². The molecular formula is C18H21N3O5. The maximum absolute atomic E-state index is 12.3. The van der Waals surface area contributed by atoms with Gasteiger partial charge < -0.3 is 19.9 Å². The van der Waals surface area contributed by atoms with Crippen LogP contribution in [0.3, 0.4) is 0 Å². The Morgan fingerprint density at radius 3 is 2.35 bits per heavy atom. The minimum absolute atomic E-state index is 0.101. The van der Waals surface area contributed by atoms with Gasteiger partial charge >= 0.3 is 18.2 Å². The molecule has 0 saturated heterocycles. The van der Waals surface area contributed by atoms with Gasteiger partial charge in [-0.2, -0.15) is 4.79 Å². The molecule has 26 heavy (non-hydrogen) atoms. The number of hydrogen-bond donors (Lipinski definition) is 0. The standard InChI is InChI=1S/C18H21N3O5/c1-3-25-17(23)10-16(18(24)26-4-2)21(13-15(22)11-20-19)12-14-8-6-5-7-9-14/h5-11H,3-4,12-13H2,1-2H3/b16-10+. The number of rotatable bonds is 10. The molecule has 0 fully saturated rings. The van der Waals surface area contributed by atoms with Crippen LogP contribution in [0, 0.1) is 0 Å². The molecule has 0 bridgehead atoms. The molecule has 8 nitrogen and oxygen atoms in total. The lowest BCUT2D eigenvalue weighted by atomic mass is 10.2. The van der Waals surface area contributed by atoms with Crippen LogP contribution >= 0.6 is 0 Å². The first-order valence-corrected chi connectivity index (χ1v) is 8.06. The molecule has 0 saturated carbocycles. The van der Waals surface area contributed by atoms with Crippen LogP contribution in [0.2, 0.25) is 0 Å². The topological polar surface area (TPSA) is 109 Å². The second-order valence-corrected chi connectivity index (χ2v) is 5.05. The lowest BCUT2D eigenvalue weighted by Gasteiger charge is -2.24. The van der Waals surface area contributed by atoms with E-state index < -0.39 is 17.7 Å². The Balaban J connectivity index is 3.24. The van der Waals surface area contributed by atoms with E-state index in [9.17, 15) is 14.4 Å². The molecule has 138 valence electrons. The molecule has 0 amide bonds. The first-order chi connectivity index (χ1) is 12.5. The predicted molar refractivity (Wildman–Crippen MR) is 92.9 cm³/mol. The van der Waals surface area contributed by atoms with Crippen molar-refractivity contribution in [1.82, 2.24) is 4.90 Å². The third-order valence-electron chi connectivity index (χ3n) is 3.13. The van der Waals surface area contributed by atoms with E-state index in [4.69, 9.17) is 15.0 Å². The van der Waals surface area contributed by atoms with Gasteiger partial charge in [-0.15, -0.1) is 0 Å². The smallest absolute Gasteiger partial charge is 0.354 e. The Bertz CT molecular complexity index is 709. The van der Waals surface area contributed by atoms with Crippen molar-refractivity contribution in [3.63, 3.8) is 0 Å². The summed E-state index contributed by atoms with van der Waals surface area (Å²) in [7, 11) is 0. The summed E-state index contributed by atoms with van der Waals surface area (Å²) in [6.45, 7) is 3.38. The Kier molecular flexibility index (Phi) is 9.06. The number of ketones is 1. The van der Waals surface area contributed by atoms with Crippen LogP contribution in [-0.4, -0.2) is 53.4 Å². The van der Waals surface area contributed by atoms with Gasteiger partial charge in [0.2, 0.25) is 0 Å². The van der Waals surface area contributed by atoms with Gasteiger partial charge in [-0.25, -0.2) is 9.59 Å². The molecule has 0 aliphatic rings. The number of carbonyl (C=O) groups excluding carboxylic acids is 3. The van der Waals surface area contributed by atoms with E-state index >= 15 is 0 Å². The van der Waals surface area contributed by atoms with Gasteiger partial charge in [0, 0.05) is 6.54 Å². The third-order valence-corrected chi connectivity index (χ3v) is 3.13. The Labute approximate surface area is 151 Å². The molecule has 0 aliphatic carbocycles. The van der Waals surface area contributed by atoms with E-state index in [0.29, 0.717) is 0 Å². The molecule has 1 aromatic rings. The van der Waals surface area contributed by atoms with E-state index in [2.05, 4.69) is 4.79 Å². The zero-order chi connectivity index (χ0) is 19.4. The third kappa shape index (κ3) is 7.11. The number of hydrogen-bond acceptors (Lipinski definition) is 6. The number of esters is 2. The van der Waals surface area contributed by atoms with Gasteiger partial charge in [0.05, 0.1) is 25.8 Å². The normalized spacial score (nSPS) is 10.5. The van der Waals surface area contributed by atoms with Crippen LogP contribution in [0.5, 0.6) is 0 Å².